The molecule has 2 rings (SSSR count). The van der Waals surface area contributed by atoms with E-state index in [2.05, 4.69) is 17.2 Å². The van der Waals surface area contributed by atoms with Crippen molar-refractivity contribution in [3.8, 4) is 0 Å². The number of nitrogens with zero attached hydrogens (tertiary/aromatic N) is 1. The number of imide groups is 1. The van der Waals surface area contributed by atoms with E-state index in [-0.39, 0.29) is 18.5 Å². The molecule has 0 radical (unpaired) electrons. The maximum absolute atomic E-state index is 11.9. The van der Waals surface area contributed by atoms with Crippen molar-refractivity contribution in [1.29, 1.82) is 0 Å². The van der Waals surface area contributed by atoms with Crippen molar-refractivity contribution in [2.45, 2.75) is 12.5 Å². The summed E-state index contributed by atoms with van der Waals surface area (Å²) in [4.78, 5) is 25.3. The van der Waals surface area contributed by atoms with E-state index in [1.807, 2.05) is 29.2 Å². The maximum Gasteiger partial charge on any atom is 0.321 e. The van der Waals surface area contributed by atoms with E-state index in [9.17, 15) is 9.59 Å². The summed E-state index contributed by atoms with van der Waals surface area (Å²) in [5, 5.41) is 4.78. The summed E-state index contributed by atoms with van der Waals surface area (Å²) in [6.45, 7) is 4.50. The van der Waals surface area contributed by atoms with Gasteiger partial charge in [-0.1, -0.05) is 24.3 Å². The zero-order chi connectivity index (χ0) is 15.2. The van der Waals surface area contributed by atoms with Crippen LogP contribution in [-0.4, -0.2) is 37.6 Å². The molecule has 21 heavy (non-hydrogen) atoms. The van der Waals surface area contributed by atoms with Crippen LogP contribution in [0.3, 0.4) is 0 Å². The Balaban J connectivity index is 1.98. The zero-order valence-electron chi connectivity index (χ0n) is 11.8. The number of carbonyl (C=O) groups excluding carboxylic acids is 2. The number of hydrogen-bond donors (Lipinski definition) is 3. The van der Waals surface area contributed by atoms with Crippen molar-refractivity contribution >= 4 is 17.6 Å². The maximum atomic E-state index is 11.9. The second-order valence-electron chi connectivity index (χ2n) is 5.02. The smallest absolute Gasteiger partial charge is 0.321 e. The molecule has 0 saturated carbocycles. The Kier molecular flexibility index (Phi) is 4.94. The van der Waals surface area contributed by atoms with Crippen LogP contribution < -0.4 is 21.3 Å². The molecule has 6 nitrogen and oxygen atoms in total. The minimum atomic E-state index is -0.519. The second kappa shape index (κ2) is 6.90. The third-order valence-corrected chi connectivity index (χ3v) is 3.26. The van der Waals surface area contributed by atoms with Crippen molar-refractivity contribution in [3.05, 3.63) is 42.5 Å². The quantitative estimate of drug-likeness (QED) is 0.699. The highest BCUT2D eigenvalue weighted by atomic mass is 16.2. The fourth-order valence-electron chi connectivity index (χ4n) is 2.42. The summed E-state index contributed by atoms with van der Waals surface area (Å²) in [5.41, 5.74) is 8.14. The van der Waals surface area contributed by atoms with Gasteiger partial charge in [0.2, 0.25) is 5.91 Å². The first kappa shape index (κ1) is 15.1. The monoisotopic (exact) mass is 288 g/mol. The molecule has 0 spiro atoms. The van der Waals surface area contributed by atoms with Gasteiger partial charge in [0.1, 0.15) is 0 Å². The number of anilines is 1. The SMILES string of the molecule is C=CCNC(=O)NC(=O)CN1CC(N)Cc2ccccc21. The molecule has 0 saturated heterocycles. The standard InChI is InChI=1S/C15H20N4O2/c1-2-7-17-15(21)18-14(20)10-19-9-12(16)8-11-5-3-4-6-13(11)19/h2-6,12H,1,7-10,16H2,(H2,17,18,20,21). The molecular weight excluding hydrogens is 268 g/mol. The van der Waals surface area contributed by atoms with Crippen LogP contribution in [0.5, 0.6) is 0 Å². The van der Waals surface area contributed by atoms with E-state index in [0.29, 0.717) is 13.1 Å². The molecule has 0 aliphatic carbocycles. The van der Waals surface area contributed by atoms with Crippen LogP contribution in [0.1, 0.15) is 5.56 Å². The highest BCUT2D eigenvalue weighted by Crippen LogP contribution is 2.25. The summed E-state index contributed by atoms with van der Waals surface area (Å²) < 4.78 is 0. The minimum Gasteiger partial charge on any atom is -0.360 e. The third kappa shape index (κ3) is 4.06. The first-order valence-electron chi connectivity index (χ1n) is 6.87. The number of urea groups is 1. The Morgan fingerprint density at radius 3 is 2.95 bits per heavy atom. The van der Waals surface area contributed by atoms with E-state index in [1.54, 1.807) is 6.08 Å². The first-order chi connectivity index (χ1) is 10.1. The Bertz CT molecular complexity index is 544. The third-order valence-electron chi connectivity index (χ3n) is 3.26. The zero-order valence-corrected chi connectivity index (χ0v) is 11.8. The van der Waals surface area contributed by atoms with E-state index in [1.165, 1.54) is 0 Å². The number of fused-ring (bicyclic) bond motifs is 1. The normalized spacial score (nSPS) is 16.8. The summed E-state index contributed by atoms with van der Waals surface area (Å²) >= 11 is 0. The van der Waals surface area contributed by atoms with E-state index < -0.39 is 6.03 Å². The summed E-state index contributed by atoms with van der Waals surface area (Å²) in [5.74, 6) is -0.361. The molecule has 1 aliphatic rings. The molecule has 0 fully saturated rings. The van der Waals surface area contributed by atoms with Crippen LogP contribution >= 0.6 is 0 Å². The molecule has 3 amide bonds. The van der Waals surface area contributed by atoms with Gasteiger partial charge in [-0.25, -0.2) is 4.79 Å². The lowest BCUT2D eigenvalue weighted by Gasteiger charge is -2.34. The molecule has 0 aromatic heterocycles. The lowest BCUT2D eigenvalue weighted by molar-refractivity contribution is -0.118. The van der Waals surface area contributed by atoms with Crippen molar-refractivity contribution < 1.29 is 9.59 Å². The molecule has 6 heteroatoms. The van der Waals surface area contributed by atoms with Crippen LogP contribution in [0.2, 0.25) is 0 Å². The number of hydrogen-bond acceptors (Lipinski definition) is 4. The van der Waals surface area contributed by atoms with Crippen molar-refractivity contribution in [2.75, 3.05) is 24.5 Å². The Morgan fingerprint density at radius 1 is 1.43 bits per heavy atom. The van der Waals surface area contributed by atoms with Gasteiger partial charge in [-0.3, -0.25) is 10.1 Å². The minimum absolute atomic E-state index is 0.0118. The number of para-hydroxylation sites is 1. The molecule has 112 valence electrons. The largest absolute Gasteiger partial charge is 0.360 e. The fourth-order valence-corrected chi connectivity index (χ4v) is 2.42. The Morgan fingerprint density at radius 2 is 2.19 bits per heavy atom. The van der Waals surface area contributed by atoms with E-state index >= 15 is 0 Å². The predicted molar refractivity (Wildman–Crippen MR) is 82.1 cm³/mol. The molecule has 1 aromatic rings. The van der Waals surface area contributed by atoms with Gasteiger partial charge in [0.15, 0.2) is 0 Å². The molecule has 1 aliphatic heterocycles. The summed E-state index contributed by atoms with van der Waals surface area (Å²) in [7, 11) is 0. The number of rotatable bonds is 4. The molecule has 1 atom stereocenters. The van der Waals surface area contributed by atoms with Crippen LogP contribution in [0.4, 0.5) is 10.5 Å². The highest BCUT2D eigenvalue weighted by Gasteiger charge is 2.23. The highest BCUT2D eigenvalue weighted by molar-refractivity contribution is 5.96. The van der Waals surface area contributed by atoms with Crippen LogP contribution in [0.25, 0.3) is 0 Å². The number of benzene rings is 1. The van der Waals surface area contributed by atoms with Gasteiger partial charge in [0.05, 0.1) is 6.54 Å². The fraction of sp³-hybridized carbons (Fsp3) is 0.333. The summed E-state index contributed by atoms with van der Waals surface area (Å²) in [6, 6.07) is 7.33. The molecular formula is C15H20N4O2. The topological polar surface area (TPSA) is 87.5 Å². The summed E-state index contributed by atoms with van der Waals surface area (Å²) in [6.07, 6.45) is 2.35. The molecule has 1 heterocycles. The molecule has 4 N–H and O–H groups in total. The number of nitrogens with one attached hydrogen (secondary N) is 2. The number of amides is 3. The van der Waals surface area contributed by atoms with Gasteiger partial charge in [-0.2, -0.15) is 0 Å². The average Bonchev–Trinajstić information content (AvgIpc) is 2.44. The number of nitrogens with two attached hydrogens (primary N) is 1. The molecule has 1 aromatic carbocycles. The first-order valence-corrected chi connectivity index (χ1v) is 6.87. The van der Waals surface area contributed by atoms with Crippen LogP contribution in [0.15, 0.2) is 36.9 Å². The van der Waals surface area contributed by atoms with E-state index in [4.69, 9.17) is 5.73 Å². The lowest BCUT2D eigenvalue weighted by Crippen LogP contribution is -2.49. The van der Waals surface area contributed by atoms with Crippen molar-refractivity contribution in [2.24, 2.45) is 5.73 Å². The Labute approximate surface area is 124 Å². The van der Waals surface area contributed by atoms with Gasteiger partial charge in [-0.05, 0) is 18.1 Å². The van der Waals surface area contributed by atoms with E-state index in [0.717, 1.165) is 17.7 Å². The van der Waals surface area contributed by atoms with Gasteiger partial charge in [0, 0.05) is 24.8 Å². The molecule has 0 bridgehead atoms. The van der Waals surface area contributed by atoms with Crippen molar-refractivity contribution in [1.82, 2.24) is 10.6 Å². The van der Waals surface area contributed by atoms with Gasteiger partial charge >= 0.3 is 6.03 Å². The van der Waals surface area contributed by atoms with Gasteiger partial charge < -0.3 is 16.0 Å². The van der Waals surface area contributed by atoms with Gasteiger partial charge in [-0.15, -0.1) is 6.58 Å². The van der Waals surface area contributed by atoms with Crippen LogP contribution in [-0.2, 0) is 11.2 Å². The van der Waals surface area contributed by atoms with Crippen molar-refractivity contribution in [3.63, 3.8) is 0 Å². The molecule has 1 unspecified atom stereocenters. The second-order valence-corrected chi connectivity index (χ2v) is 5.02. The van der Waals surface area contributed by atoms with Gasteiger partial charge in [0.25, 0.3) is 0 Å². The predicted octanol–water partition coefficient (Wildman–Crippen LogP) is 0.388. The average molecular weight is 288 g/mol. The Hall–Kier alpha value is -2.34. The lowest BCUT2D eigenvalue weighted by atomic mass is 9.98. The number of carbonyl (C=O) groups is 2. The van der Waals surface area contributed by atoms with Crippen LogP contribution in [0, 0.1) is 0 Å².